The molecule has 98 valence electrons. The second-order valence-corrected chi connectivity index (χ2v) is 6.12. The van der Waals surface area contributed by atoms with Crippen LogP contribution in [-0.4, -0.2) is 11.1 Å². The minimum absolute atomic E-state index is 0.360. The third-order valence-electron chi connectivity index (χ3n) is 4.90. The molecule has 2 fully saturated rings. The van der Waals surface area contributed by atoms with E-state index in [0.717, 1.165) is 30.6 Å². The maximum Gasteiger partial charge on any atom is 0.303 e. The molecule has 17 heavy (non-hydrogen) atoms. The highest BCUT2D eigenvalue weighted by molar-refractivity contribution is 5.66. The highest BCUT2D eigenvalue weighted by Crippen LogP contribution is 2.43. The van der Waals surface area contributed by atoms with Crippen LogP contribution in [0, 0.1) is 17.8 Å². The Morgan fingerprint density at radius 1 is 1.00 bits per heavy atom. The fourth-order valence-corrected chi connectivity index (χ4v) is 3.94. The first-order valence-corrected chi connectivity index (χ1v) is 7.47. The summed E-state index contributed by atoms with van der Waals surface area (Å²) in [6.07, 6.45) is 13.8. The van der Waals surface area contributed by atoms with E-state index in [1.165, 1.54) is 51.4 Å². The molecule has 2 rings (SSSR count). The zero-order valence-corrected chi connectivity index (χ0v) is 10.9. The van der Waals surface area contributed by atoms with Crippen molar-refractivity contribution in [3.8, 4) is 0 Å². The van der Waals surface area contributed by atoms with Gasteiger partial charge in [0, 0.05) is 6.42 Å². The van der Waals surface area contributed by atoms with Gasteiger partial charge in [-0.1, -0.05) is 44.9 Å². The average molecular weight is 238 g/mol. The molecule has 0 aromatic heterocycles. The molecule has 0 radical (unpaired) electrons. The Kier molecular flexibility index (Phi) is 4.87. The number of hydrogen-bond acceptors (Lipinski definition) is 1. The first kappa shape index (κ1) is 12.9. The van der Waals surface area contributed by atoms with E-state index in [9.17, 15) is 4.79 Å². The molecule has 0 saturated heterocycles. The van der Waals surface area contributed by atoms with Crippen LogP contribution in [0.3, 0.4) is 0 Å². The van der Waals surface area contributed by atoms with Crippen LogP contribution in [0.15, 0.2) is 0 Å². The fourth-order valence-electron chi connectivity index (χ4n) is 3.94. The van der Waals surface area contributed by atoms with E-state index in [2.05, 4.69) is 0 Å². The molecule has 0 aliphatic heterocycles. The zero-order valence-electron chi connectivity index (χ0n) is 10.9. The lowest BCUT2D eigenvalue weighted by molar-refractivity contribution is -0.137. The summed E-state index contributed by atoms with van der Waals surface area (Å²) >= 11 is 0. The molecular formula is C15H26O2. The van der Waals surface area contributed by atoms with E-state index in [-0.39, 0.29) is 0 Å². The largest absolute Gasteiger partial charge is 0.481 e. The number of unbranched alkanes of at least 4 members (excludes halogenated alkanes) is 1. The predicted molar refractivity (Wildman–Crippen MR) is 68.9 cm³/mol. The van der Waals surface area contributed by atoms with Gasteiger partial charge in [-0.3, -0.25) is 4.79 Å². The molecule has 2 saturated carbocycles. The first-order chi connectivity index (χ1) is 8.25. The predicted octanol–water partition coefficient (Wildman–Crippen LogP) is 4.24. The van der Waals surface area contributed by atoms with Crippen LogP contribution < -0.4 is 0 Å². The summed E-state index contributed by atoms with van der Waals surface area (Å²) in [5.74, 6) is 2.32. The molecule has 0 heterocycles. The van der Waals surface area contributed by atoms with Crippen LogP contribution in [0.5, 0.6) is 0 Å². The average Bonchev–Trinajstić information content (AvgIpc) is 2.34. The van der Waals surface area contributed by atoms with E-state index in [1.807, 2.05) is 0 Å². The fraction of sp³-hybridized carbons (Fsp3) is 0.933. The maximum atomic E-state index is 10.4. The standard InChI is InChI=1S/C15H26O2/c16-15(17)8-4-1-5-12-9-10-13-6-2-3-7-14(13)11-12/h12-14H,1-11H2,(H,16,17)/t12-,13+,14+/m1/s1. The quantitative estimate of drug-likeness (QED) is 0.727. The molecule has 1 N–H and O–H groups in total. The van der Waals surface area contributed by atoms with Crippen LogP contribution in [-0.2, 0) is 4.79 Å². The molecule has 0 amide bonds. The van der Waals surface area contributed by atoms with Gasteiger partial charge in [0.25, 0.3) is 0 Å². The lowest BCUT2D eigenvalue weighted by Gasteiger charge is -2.39. The minimum atomic E-state index is -0.638. The Hall–Kier alpha value is -0.530. The number of aliphatic carboxylic acids is 1. The molecular weight excluding hydrogens is 212 g/mol. The topological polar surface area (TPSA) is 37.3 Å². The van der Waals surface area contributed by atoms with E-state index >= 15 is 0 Å². The number of fused-ring (bicyclic) bond motifs is 1. The maximum absolute atomic E-state index is 10.4. The Balaban J connectivity index is 1.64. The van der Waals surface area contributed by atoms with Crippen molar-refractivity contribution in [2.45, 2.75) is 70.6 Å². The normalized spacial score (nSPS) is 33.1. The van der Waals surface area contributed by atoms with E-state index in [4.69, 9.17) is 5.11 Å². The molecule has 2 aliphatic rings. The lowest BCUT2D eigenvalue weighted by Crippen LogP contribution is -2.27. The zero-order chi connectivity index (χ0) is 12.1. The summed E-state index contributed by atoms with van der Waals surface area (Å²) in [5.41, 5.74) is 0. The number of carboxylic acid groups (broad SMARTS) is 1. The summed E-state index contributed by atoms with van der Waals surface area (Å²) in [4.78, 5) is 10.4. The highest BCUT2D eigenvalue weighted by atomic mass is 16.4. The molecule has 0 aromatic rings. The van der Waals surface area contributed by atoms with Gasteiger partial charge in [0.2, 0.25) is 0 Å². The molecule has 2 nitrogen and oxygen atoms in total. The molecule has 3 atom stereocenters. The second kappa shape index (κ2) is 6.42. The minimum Gasteiger partial charge on any atom is -0.481 e. The third-order valence-corrected chi connectivity index (χ3v) is 4.90. The lowest BCUT2D eigenvalue weighted by atomic mass is 9.67. The van der Waals surface area contributed by atoms with Crippen molar-refractivity contribution >= 4 is 5.97 Å². The van der Waals surface area contributed by atoms with Gasteiger partial charge in [0.1, 0.15) is 0 Å². The monoisotopic (exact) mass is 238 g/mol. The summed E-state index contributed by atoms with van der Waals surface area (Å²) < 4.78 is 0. The van der Waals surface area contributed by atoms with Crippen LogP contribution in [0.2, 0.25) is 0 Å². The van der Waals surface area contributed by atoms with Crippen LogP contribution in [0.4, 0.5) is 0 Å². The van der Waals surface area contributed by atoms with Crippen molar-refractivity contribution in [1.29, 1.82) is 0 Å². The smallest absolute Gasteiger partial charge is 0.303 e. The van der Waals surface area contributed by atoms with Gasteiger partial charge in [-0.15, -0.1) is 0 Å². The van der Waals surface area contributed by atoms with Crippen molar-refractivity contribution in [1.82, 2.24) is 0 Å². The summed E-state index contributed by atoms with van der Waals surface area (Å²) in [5, 5.41) is 8.60. The number of carbonyl (C=O) groups is 1. The molecule has 0 spiro atoms. The molecule has 0 aromatic carbocycles. The highest BCUT2D eigenvalue weighted by Gasteiger charge is 2.31. The van der Waals surface area contributed by atoms with Gasteiger partial charge in [-0.05, 0) is 37.0 Å². The number of hydrogen-bond donors (Lipinski definition) is 1. The van der Waals surface area contributed by atoms with Gasteiger partial charge < -0.3 is 5.11 Å². The number of carboxylic acids is 1. The van der Waals surface area contributed by atoms with Crippen molar-refractivity contribution in [2.75, 3.05) is 0 Å². The van der Waals surface area contributed by atoms with Crippen molar-refractivity contribution in [3.63, 3.8) is 0 Å². The van der Waals surface area contributed by atoms with Crippen molar-refractivity contribution in [3.05, 3.63) is 0 Å². The van der Waals surface area contributed by atoms with Gasteiger partial charge in [-0.2, -0.15) is 0 Å². The third kappa shape index (κ3) is 4.01. The van der Waals surface area contributed by atoms with Crippen molar-refractivity contribution < 1.29 is 9.90 Å². The Morgan fingerprint density at radius 2 is 1.76 bits per heavy atom. The van der Waals surface area contributed by atoms with Crippen LogP contribution in [0.25, 0.3) is 0 Å². The van der Waals surface area contributed by atoms with Gasteiger partial charge in [0.05, 0.1) is 0 Å². The van der Waals surface area contributed by atoms with Crippen LogP contribution in [0.1, 0.15) is 70.6 Å². The first-order valence-electron chi connectivity index (χ1n) is 7.47. The van der Waals surface area contributed by atoms with E-state index < -0.39 is 5.97 Å². The van der Waals surface area contributed by atoms with Crippen LogP contribution >= 0.6 is 0 Å². The summed E-state index contributed by atoms with van der Waals surface area (Å²) in [7, 11) is 0. The van der Waals surface area contributed by atoms with Gasteiger partial charge in [-0.25, -0.2) is 0 Å². The van der Waals surface area contributed by atoms with E-state index in [1.54, 1.807) is 0 Å². The number of rotatable bonds is 5. The Labute approximate surface area is 105 Å². The summed E-state index contributed by atoms with van der Waals surface area (Å²) in [6, 6.07) is 0. The molecule has 0 bridgehead atoms. The second-order valence-electron chi connectivity index (χ2n) is 6.12. The van der Waals surface area contributed by atoms with Gasteiger partial charge >= 0.3 is 5.97 Å². The SMILES string of the molecule is O=C(O)CCCC[C@@H]1CC[C@@H]2CCCC[C@H]2C1. The van der Waals surface area contributed by atoms with Crippen molar-refractivity contribution in [2.24, 2.45) is 17.8 Å². The molecule has 2 heteroatoms. The van der Waals surface area contributed by atoms with Gasteiger partial charge in [0.15, 0.2) is 0 Å². The summed E-state index contributed by atoms with van der Waals surface area (Å²) in [6.45, 7) is 0. The Bertz CT molecular complexity index is 249. The van der Waals surface area contributed by atoms with E-state index in [0.29, 0.717) is 6.42 Å². The Morgan fingerprint density at radius 3 is 2.53 bits per heavy atom. The molecule has 2 aliphatic carbocycles. The molecule has 0 unspecified atom stereocenters.